The Morgan fingerprint density at radius 1 is 1.23 bits per heavy atom. The highest BCUT2D eigenvalue weighted by atomic mass is 16.2. The van der Waals surface area contributed by atoms with Gasteiger partial charge in [0, 0.05) is 11.9 Å². The van der Waals surface area contributed by atoms with Gasteiger partial charge in [-0.1, -0.05) is 24.3 Å². The molecule has 64 valence electrons. The Hall–Kier alpha value is -1.90. The number of para-hydroxylation sites is 1. The maximum atomic E-state index is 11.1. The van der Waals surface area contributed by atoms with E-state index in [0.29, 0.717) is 0 Å². The fourth-order valence-corrected chi connectivity index (χ4v) is 1.16. The molecule has 0 aliphatic carbocycles. The van der Waals surface area contributed by atoms with E-state index in [4.69, 9.17) is 0 Å². The van der Waals surface area contributed by atoms with Gasteiger partial charge in [-0.05, 0) is 17.7 Å². The molecule has 3 nitrogen and oxygen atoms in total. The van der Waals surface area contributed by atoms with E-state index < -0.39 is 0 Å². The van der Waals surface area contributed by atoms with Crippen LogP contribution in [0.4, 0.5) is 10.5 Å². The monoisotopic (exact) mass is 172 g/mol. The zero-order valence-corrected chi connectivity index (χ0v) is 6.90. The second-order valence-corrected chi connectivity index (χ2v) is 2.65. The average molecular weight is 172 g/mol. The van der Waals surface area contributed by atoms with Crippen LogP contribution in [0.15, 0.2) is 35.3 Å². The molecule has 0 saturated heterocycles. The third-order valence-corrected chi connectivity index (χ3v) is 1.76. The van der Waals surface area contributed by atoms with Crippen molar-refractivity contribution in [2.75, 3.05) is 5.32 Å². The average Bonchev–Trinajstić information content (AvgIpc) is 2.11. The Kier molecular flexibility index (Phi) is 1.92. The van der Waals surface area contributed by atoms with Crippen molar-refractivity contribution in [1.82, 2.24) is 0 Å². The quantitative estimate of drug-likeness (QED) is 0.641. The van der Waals surface area contributed by atoms with E-state index in [-0.39, 0.29) is 6.03 Å². The van der Waals surface area contributed by atoms with Crippen LogP contribution < -0.4 is 5.32 Å². The third-order valence-electron chi connectivity index (χ3n) is 1.76. The van der Waals surface area contributed by atoms with Gasteiger partial charge in [-0.25, -0.2) is 9.79 Å². The normalized spacial score (nSPS) is 14.3. The Labute approximate surface area is 75.8 Å². The van der Waals surface area contributed by atoms with Crippen molar-refractivity contribution >= 4 is 24.0 Å². The number of anilines is 1. The molecule has 1 aliphatic heterocycles. The van der Waals surface area contributed by atoms with Gasteiger partial charge in [0.1, 0.15) is 0 Å². The first-order chi connectivity index (χ1) is 6.36. The smallest absolute Gasteiger partial charge is 0.305 e. The molecule has 1 N–H and O–H groups in total. The molecule has 3 heteroatoms. The van der Waals surface area contributed by atoms with Gasteiger partial charge < -0.3 is 5.32 Å². The Balaban J connectivity index is 2.49. The molecule has 0 bridgehead atoms. The van der Waals surface area contributed by atoms with Gasteiger partial charge in [0.15, 0.2) is 0 Å². The molecule has 0 saturated carbocycles. The van der Waals surface area contributed by atoms with Crippen molar-refractivity contribution in [1.29, 1.82) is 0 Å². The Morgan fingerprint density at radius 3 is 3.00 bits per heavy atom. The largest absolute Gasteiger partial charge is 0.345 e. The summed E-state index contributed by atoms with van der Waals surface area (Å²) in [5.41, 5.74) is 1.78. The highest BCUT2D eigenvalue weighted by Crippen LogP contribution is 2.17. The number of benzene rings is 1. The summed E-state index contributed by atoms with van der Waals surface area (Å²) < 4.78 is 0. The topological polar surface area (TPSA) is 41.5 Å². The van der Waals surface area contributed by atoms with Gasteiger partial charge in [-0.15, -0.1) is 0 Å². The van der Waals surface area contributed by atoms with E-state index in [0.717, 1.165) is 11.3 Å². The molecule has 0 fully saturated rings. The first-order valence-electron chi connectivity index (χ1n) is 3.97. The molecule has 1 aliphatic rings. The van der Waals surface area contributed by atoms with Crippen molar-refractivity contribution in [3.05, 3.63) is 35.9 Å². The molecule has 0 atom stereocenters. The lowest BCUT2D eigenvalue weighted by atomic mass is 10.1. The van der Waals surface area contributed by atoms with Crippen LogP contribution in [0, 0.1) is 0 Å². The molecule has 1 aromatic rings. The summed E-state index contributed by atoms with van der Waals surface area (Å²) in [6.45, 7) is 0. The summed E-state index contributed by atoms with van der Waals surface area (Å²) in [6, 6.07) is 7.24. The van der Waals surface area contributed by atoms with Crippen LogP contribution in [0.5, 0.6) is 0 Å². The standard InChI is InChI=1S/C10H8N2O/c13-10-11-7-3-5-8-4-1-2-6-9(8)12-10/h1-7H,(H,11,12,13). The number of amides is 2. The van der Waals surface area contributed by atoms with Crippen LogP contribution in [0.1, 0.15) is 5.56 Å². The lowest BCUT2D eigenvalue weighted by Gasteiger charge is -2.06. The number of nitrogens with one attached hydrogen (secondary N) is 1. The maximum Gasteiger partial charge on any atom is 0.345 e. The van der Waals surface area contributed by atoms with Crippen LogP contribution in [-0.2, 0) is 0 Å². The number of rotatable bonds is 0. The maximum absolute atomic E-state index is 11.1. The van der Waals surface area contributed by atoms with Crippen molar-refractivity contribution in [2.24, 2.45) is 4.99 Å². The Bertz CT molecular complexity index is 394. The van der Waals surface area contributed by atoms with E-state index in [1.165, 1.54) is 6.21 Å². The molecule has 0 unspecified atom stereocenters. The minimum Gasteiger partial charge on any atom is -0.305 e. The van der Waals surface area contributed by atoms with Crippen LogP contribution in [0.2, 0.25) is 0 Å². The highest BCUT2D eigenvalue weighted by Gasteiger charge is 2.03. The zero-order valence-electron chi connectivity index (χ0n) is 6.90. The van der Waals surface area contributed by atoms with Crippen molar-refractivity contribution in [2.45, 2.75) is 0 Å². The number of hydrogen-bond donors (Lipinski definition) is 1. The fraction of sp³-hybridized carbons (Fsp3) is 0. The van der Waals surface area contributed by atoms with E-state index >= 15 is 0 Å². The van der Waals surface area contributed by atoms with Gasteiger partial charge in [-0.3, -0.25) is 0 Å². The van der Waals surface area contributed by atoms with Gasteiger partial charge in [0.2, 0.25) is 0 Å². The third kappa shape index (κ3) is 1.64. The predicted octanol–water partition coefficient (Wildman–Crippen LogP) is 2.32. The molecular weight excluding hydrogens is 164 g/mol. The SMILES string of the molecule is O=C1N=CC=Cc2ccccc2N1. The van der Waals surface area contributed by atoms with Crippen molar-refractivity contribution in [3.8, 4) is 0 Å². The Morgan fingerprint density at radius 2 is 2.08 bits per heavy atom. The minimum absolute atomic E-state index is 0.336. The molecule has 2 rings (SSSR count). The van der Waals surface area contributed by atoms with Gasteiger partial charge in [0.25, 0.3) is 0 Å². The predicted molar refractivity (Wildman–Crippen MR) is 53.0 cm³/mol. The number of nitrogens with zero attached hydrogens (tertiary/aromatic N) is 1. The van der Waals surface area contributed by atoms with E-state index in [9.17, 15) is 4.79 Å². The number of hydrogen-bond acceptors (Lipinski definition) is 1. The summed E-state index contributed by atoms with van der Waals surface area (Å²) in [5.74, 6) is 0. The summed E-state index contributed by atoms with van der Waals surface area (Å²) in [5, 5.41) is 2.67. The molecule has 0 spiro atoms. The second-order valence-electron chi connectivity index (χ2n) is 2.65. The first kappa shape index (κ1) is 7.73. The molecule has 2 amide bonds. The number of carbonyl (C=O) groups is 1. The van der Waals surface area contributed by atoms with Crippen LogP contribution >= 0.6 is 0 Å². The molecule has 1 aromatic carbocycles. The van der Waals surface area contributed by atoms with Crippen LogP contribution in [-0.4, -0.2) is 12.2 Å². The zero-order chi connectivity index (χ0) is 9.10. The molecule has 0 aromatic heterocycles. The summed E-state index contributed by atoms with van der Waals surface area (Å²) in [7, 11) is 0. The molecule has 0 radical (unpaired) electrons. The number of carbonyl (C=O) groups excluding carboxylic acids is 1. The highest BCUT2D eigenvalue weighted by molar-refractivity contribution is 6.00. The number of urea groups is 1. The molecular formula is C10H8N2O. The van der Waals surface area contributed by atoms with Crippen LogP contribution in [0.3, 0.4) is 0 Å². The minimum atomic E-state index is -0.336. The van der Waals surface area contributed by atoms with Gasteiger partial charge in [-0.2, -0.15) is 0 Å². The van der Waals surface area contributed by atoms with Crippen molar-refractivity contribution < 1.29 is 4.79 Å². The van der Waals surface area contributed by atoms with Crippen LogP contribution in [0.25, 0.3) is 6.08 Å². The van der Waals surface area contributed by atoms with E-state index in [1.807, 2.05) is 30.3 Å². The lowest BCUT2D eigenvalue weighted by molar-refractivity contribution is 0.259. The van der Waals surface area contributed by atoms with Gasteiger partial charge in [0.05, 0.1) is 0 Å². The molecule has 1 heterocycles. The van der Waals surface area contributed by atoms with Crippen molar-refractivity contribution in [3.63, 3.8) is 0 Å². The van der Waals surface area contributed by atoms with E-state index in [2.05, 4.69) is 10.3 Å². The lowest BCUT2D eigenvalue weighted by Crippen LogP contribution is -2.08. The number of aliphatic imine (C=N–C) groups is 1. The first-order valence-corrected chi connectivity index (χ1v) is 3.97. The van der Waals surface area contributed by atoms with Gasteiger partial charge >= 0.3 is 6.03 Å². The summed E-state index contributed by atoms with van der Waals surface area (Å²) >= 11 is 0. The number of allylic oxidation sites excluding steroid dienone is 1. The number of fused-ring (bicyclic) bond motifs is 1. The fourth-order valence-electron chi connectivity index (χ4n) is 1.16. The summed E-state index contributed by atoms with van der Waals surface area (Å²) in [6.07, 6.45) is 5.13. The summed E-state index contributed by atoms with van der Waals surface area (Å²) in [4.78, 5) is 14.7. The molecule has 13 heavy (non-hydrogen) atoms. The van der Waals surface area contributed by atoms with E-state index in [1.54, 1.807) is 6.08 Å². The second kappa shape index (κ2) is 3.23.